The third-order valence-electron chi connectivity index (χ3n) is 5.81. The molecule has 1 aromatic rings. The van der Waals surface area contributed by atoms with Gasteiger partial charge in [0.05, 0.1) is 0 Å². The summed E-state index contributed by atoms with van der Waals surface area (Å²) in [6.45, 7) is 3.67. The molecule has 1 saturated heterocycles. The molecule has 1 atom stereocenters. The van der Waals surface area contributed by atoms with Gasteiger partial charge in [-0.05, 0) is 55.1 Å². The van der Waals surface area contributed by atoms with E-state index >= 15 is 0 Å². The van der Waals surface area contributed by atoms with Crippen LogP contribution in [0.15, 0.2) is 24.3 Å². The monoisotopic (exact) mass is 326 g/mol. The van der Waals surface area contributed by atoms with Gasteiger partial charge in [-0.3, -0.25) is 9.59 Å². The van der Waals surface area contributed by atoms with Crippen LogP contribution in [0.25, 0.3) is 0 Å². The Bertz CT molecular complexity index is 640. The van der Waals surface area contributed by atoms with Gasteiger partial charge in [0, 0.05) is 19.0 Å². The summed E-state index contributed by atoms with van der Waals surface area (Å²) in [6, 6.07) is 8.31. The lowest BCUT2D eigenvalue weighted by Gasteiger charge is -2.28. The predicted molar refractivity (Wildman–Crippen MR) is 92.4 cm³/mol. The molecular weight excluding hydrogens is 300 g/mol. The van der Waals surface area contributed by atoms with Crippen LogP contribution in [0.3, 0.4) is 0 Å². The normalized spacial score (nSPS) is 24.7. The molecule has 1 heterocycles. The van der Waals surface area contributed by atoms with Crippen LogP contribution in [0.5, 0.6) is 0 Å². The maximum atomic E-state index is 12.7. The standard InChI is InChI=1S/C20H26N2O2/c1-20(11-15-5-2-3-6-16(15)12-20)13-21-18(23)17-7-4-10-22(17)19(24)14-8-9-14/h2-3,5-6,14,17H,4,7-13H2,1H3,(H,21,23). The molecule has 2 fully saturated rings. The minimum absolute atomic E-state index is 0.0404. The highest BCUT2D eigenvalue weighted by Crippen LogP contribution is 2.36. The molecule has 0 radical (unpaired) electrons. The molecule has 3 aliphatic rings. The number of nitrogens with zero attached hydrogens (tertiary/aromatic N) is 1. The molecule has 24 heavy (non-hydrogen) atoms. The molecule has 4 heteroatoms. The molecule has 1 unspecified atom stereocenters. The minimum atomic E-state index is -0.245. The summed E-state index contributed by atoms with van der Waals surface area (Å²) >= 11 is 0. The van der Waals surface area contributed by atoms with E-state index in [1.165, 1.54) is 11.1 Å². The van der Waals surface area contributed by atoms with E-state index in [9.17, 15) is 9.59 Å². The van der Waals surface area contributed by atoms with Crippen molar-refractivity contribution in [1.29, 1.82) is 0 Å². The zero-order valence-electron chi connectivity index (χ0n) is 14.4. The number of rotatable bonds is 4. The first-order valence-electron chi connectivity index (χ1n) is 9.21. The maximum absolute atomic E-state index is 12.7. The minimum Gasteiger partial charge on any atom is -0.354 e. The molecule has 4 nitrogen and oxygen atoms in total. The third kappa shape index (κ3) is 2.94. The molecule has 2 aliphatic carbocycles. The van der Waals surface area contributed by atoms with Gasteiger partial charge in [-0.2, -0.15) is 0 Å². The highest BCUT2D eigenvalue weighted by atomic mass is 16.2. The van der Waals surface area contributed by atoms with Crippen molar-refractivity contribution in [3.05, 3.63) is 35.4 Å². The first-order chi connectivity index (χ1) is 11.6. The molecule has 0 bridgehead atoms. The Labute approximate surface area is 143 Å². The van der Waals surface area contributed by atoms with Crippen LogP contribution in [0, 0.1) is 11.3 Å². The van der Waals surface area contributed by atoms with Crippen LogP contribution >= 0.6 is 0 Å². The van der Waals surface area contributed by atoms with Crippen molar-refractivity contribution in [3.63, 3.8) is 0 Å². The quantitative estimate of drug-likeness (QED) is 0.923. The summed E-state index contributed by atoms with van der Waals surface area (Å²) < 4.78 is 0. The topological polar surface area (TPSA) is 49.4 Å². The van der Waals surface area contributed by atoms with Gasteiger partial charge < -0.3 is 10.2 Å². The third-order valence-corrected chi connectivity index (χ3v) is 5.81. The number of nitrogens with one attached hydrogen (secondary N) is 1. The molecule has 4 rings (SSSR count). The number of carbonyl (C=O) groups is 2. The van der Waals surface area contributed by atoms with E-state index in [0.29, 0.717) is 6.54 Å². The zero-order chi connectivity index (χ0) is 16.7. The van der Waals surface area contributed by atoms with Crippen LogP contribution in [0.1, 0.15) is 43.7 Å². The Balaban J connectivity index is 1.36. The lowest BCUT2D eigenvalue weighted by atomic mass is 9.87. The fourth-order valence-corrected chi connectivity index (χ4v) is 4.30. The second-order valence-electron chi connectivity index (χ2n) is 8.11. The van der Waals surface area contributed by atoms with Gasteiger partial charge in [0.15, 0.2) is 0 Å². The second kappa shape index (κ2) is 5.91. The first kappa shape index (κ1) is 15.7. The molecule has 1 N–H and O–H groups in total. The van der Waals surface area contributed by atoms with Gasteiger partial charge in [0.2, 0.25) is 11.8 Å². The van der Waals surface area contributed by atoms with Crippen LogP contribution in [0.4, 0.5) is 0 Å². The van der Waals surface area contributed by atoms with E-state index in [1.54, 1.807) is 0 Å². The van der Waals surface area contributed by atoms with Crippen molar-refractivity contribution < 1.29 is 9.59 Å². The van der Waals surface area contributed by atoms with Crippen molar-refractivity contribution in [2.75, 3.05) is 13.1 Å². The van der Waals surface area contributed by atoms with E-state index in [0.717, 1.165) is 45.1 Å². The summed E-state index contributed by atoms with van der Waals surface area (Å²) in [5, 5.41) is 3.15. The lowest BCUT2D eigenvalue weighted by molar-refractivity contribution is -0.139. The average Bonchev–Trinajstić information content (AvgIpc) is 3.19. The Hall–Kier alpha value is -1.84. The number of benzene rings is 1. The number of hydrogen-bond acceptors (Lipinski definition) is 2. The second-order valence-corrected chi connectivity index (χ2v) is 8.11. The van der Waals surface area contributed by atoms with Gasteiger partial charge in [-0.1, -0.05) is 31.2 Å². The Kier molecular flexibility index (Phi) is 3.86. The smallest absolute Gasteiger partial charge is 0.242 e. The van der Waals surface area contributed by atoms with E-state index < -0.39 is 0 Å². The highest BCUT2D eigenvalue weighted by molar-refractivity contribution is 5.90. The van der Waals surface area contributed by atoms with E-state index in [-0.39, 0.29) is 29.2 Å². The molecule has 0 spiro atoms. The van der Waals surface area contributed by atoms with E-state index in [2.05, 4.69) is 36.5 Å². The predicted octanol–water partition coefficient (Wildman–Crippen LogP) is 2.31. The number of amides is 2. The van der Waals surface area contributed by atoms with Crippen LogP contribution < -0.4 is 5.32 Å². The Morgan fingerprint density at radius 2 is 1.83 bits per heavy atom. The molecule has 1 aromatic carbocycles. The van der Waals surface area contributed by atoms with Crippen molar-refractivity contribution in [2.24, 2.45) is 11.3 Å². The number of likely N-dealkylation sites (tertiary alicyclic amines) is 1. The summed E-state index contributed by atoms with van der Waals surface area (Å²) in [6.07, 6.45) is 5.78. The fourth-order valence-electron chi connectivity index (χ4n) is 4.30. The largest absolute Gasteiger partial charge is 0.354 e. The van der Waals surface area contributed by atoms with Crippen molar-refractivity contribution in [1.82, 2.24) is 10.2 Å². The SMILES string of the molecule is CC1(CNC(=O)C2CCCN2C(=O)C2CC2)Cc2ccccc2C1. The van der Waals surface area contributed by atoms with Gasteiger partial charge >= 0.3 is 0 Å². The van der Waals surface area contributed by atoms with Crippen molar-refractivity contribution in [2.45, 2.75) is 51.5 Å². The maximum Gasteiger partial charge on any atom is 0.242 e. The molecule has 128 valence electrons. The first-order valence-corrected chi connectivity index (χ1v) is 9.21. The molecule has 1 aliphatic heterocycles. The zero-order valence-corrected chi connectivity index (χ0v) is 14.4. The van der Waals surface area contributed by atoms with Crippen molar-refractivity contribution >= 4 is 11.8 Å². The number of fused-ring (bicyclic) bond motifs is 1. The van der Waals surface area contributed by atoms with Gasteiger partial charge in [0.1, 0.15) is 6.04 Å². The fraction of sp³-hybridized carbons (Fsp3) is 0.600. The lowest BCUT2D eigenvalue weighted by Crippen LogP contribution is -2.48. The molecular formula is C20H26N2O2. The summed E-state index contributed by atoms with van der Waals surface area (Å²) in [5.41, 5.74) is 2.89. The number of carbonyl (C=O) groups excluding carboxylic acids is 2. The van der Waals surface area contributed by atoms with Crippen LogP contribution in [-0.4, -0.2) is 35.8 Å². The molecule has 1 saturated carbocycles. The summed E-state index contributed by atoms with van der Waals surface area (Å²) in [5.74, 6) is 0.436. The van der Waals surface area contributed by atoms with E-state index in [4.69, 9.17) is 0 Å². The average molecular weight is 326 g/mol. The van der Waals surface area contributed by atoms with Gasteiger partial charge in [-0.15, -0.1) is 0 Å². The Morgan fingerprint density at radius 1 is 1.17 bits per heavy atom. The molecule has 2 amide bonds. The Morgan fingerprint density at radius 3 is 2.46 bits per heavy atom. The number of hydrogen-bond donors (Lipinski definition) is 1. The highest BCUT2D eigenvalue weighted by Gasteiger charge is 2.41. The van der Waals surface area contributed by atoms with Gasteiger partial charge in [0.25, 0.3) is 0 Å². The van der Waals surface area contributed by atoms with Gasteiger partial charge in [-0.25, -0.2) is 0 Å². The van der Waals surface area contributed by atoms with Crippen molar-refractivity contribution in [3.8, 4) is 0 Å². The van der Waals surface area contributed by atoms with Crippen LogP contribution in [0.2, 0.25) is 0 Å². The summed E-state index contributed by atoms with van der Waals surface area (Å²) in [4.78, 5) is 26.8. The molecule has 0 aromatic heterocycles. The summed E-state index contributed by atoms with van der Waals surface area (Å²) in [7, 11) is 0. The van der Waals surface area contributed by atoms with E-state index in [1.807, 2.05) is 4.90 Å². The van der Waals surface area contributed by atoms with Crippen LogP contribution in [-0.2, 0) is 22.4 Å².